The van der Waals surface area contributed by atoms with Gasteiger partial charge in [0.2, 0.25) is 0 Å². The fourth-order valence-electron chi connectivity index (χ4n) is 4.14. The summed E-state index contributed by atoms with van der Waals surface area (Å²) in [6, 6.07) is 25.3. The maximum atomic E-state index is 12.7. The number of aromatic nitrogens is 1. The Morgan fingerprint density at radius 3 is 2.12 bits per heavy atom. The van der Waals surface area contributed by atoms with Crippen molar-refractivity contribution >= 4 is 22.5 Å². The Morgan fingerprint density at radius 2 is 1.44 bits per heavy atom. The van der Waals surface area contributed by atoms with E-state index in [1.165, 1.54) is 7.11 Å². The van der Waals surface area contributed by atoms with Crippen molar-refractivity contribution in [1.29, 1.82) is 0 Å². The molecule has 0 spiro atoms. The van der Waals surface area contributed by atoms with Gasteiger partial charge in [0.05, 0.1) is 23.2 Å². The van der Waals surface area contributed by atoms with Crippen LogP contribution in [0.4, 0.5) is 0 Å². The lowest BCUT2D eigenvalue weighted by Gasteiger charge is -2.12. The zero-order valence-electron chi connectivity index (χ0n) is 18.2. The smallest absolute Gasteiger partial charge is 0.260 e. The predicted molar refractivity (Wildman–Crippen MR) is 136 cm³/mol. The van der Waals surface area contributed by atoms with Crippen molar-refractivity contribution in [2.45, 2.75) is 0 Å². The largest absolute Gasteiger partial charge is 0.506 e. The minimum absolute atomic E-state index is 0.0730. The Balaban J connectivity index is 1.62. The number of pyridine rings is 1. The van der Waals surface area contributed by atoms with Crippen LogP contribution in [0, 0.1) is 0 Å². The van der Waals surface area contributed by atoms with Gasteiger partial charge in [0.25, 0.3) is 5.56 Å². The van der Waals surface area contributed by atoms with Crippen LogP contribution in [-0.2, 0) is 0 Å². The average Bonchev–Trinajstić information content (AvgIpc) is 2.85. The second-order valence-corrected chi connectivity index (χ2v) is 8.26. The van der Waals surface area contributed by atoms with Crippen LogP contribution in [0.5, 0.6) is 17.2 Å². The third-order valence-corrected chi connectivity index (χ3v) is 6.18. The fourth-order valence-corrected chi connectivity index (χ4v) is 4.42. The Bertz CT molecular complexity index is 1580. The van der Waals surface area contributed by atoms with E-state index in [1.54, 1.807) is 30.3 Å². The first-order valence-electron chi connectivity index (χ1n) is 10.6. The van der Waals surface area contributed by atoms with Gasteiger partial charge in [-0.1, -0.05) is 78.3 Å². The third-order valence-electron chi connectivity index (χ3n) is 5.86. The van der Waals surface area contributed by atoms with Crippen LogP contribution in [0.1, 0.15) is 0 Å². The van der Waals surface area contributed by atoms with Crippen molar-refractivity contribution in [2.24, 2.45) is 0 Å². The van der Waals surface area contributed by atoms with Crippen LogP contribution in [-0.4, -0.2) is 22.3 Å². The van der Waals surface area contributed by atoms with E-state index in [-0.39, 0.29) is 22.6 Å². The van der Waals surface area contributed by atoms with Crippen LogP contribution in [0.15, 0.2) is 89.7 Å². The van der Waals surface area contributed by atoms with E-state index in [4.69, 9.17) is 16.3 Å². The van der Waals surface area contributed by atoms with E-state index in [1.807, 2.05) is 54.6 Å². The van der Waals surface area contributed by atoms with E-state index in [0.717, 1.165) is 11.1 Å². The molecule has 0 aliphatic rings. The molecular formula is C28H20ClNO4. The fraction of sp³-hybridized carbons (Fsp3) is 0.0357. The first kappa shape index (κ1) is 21.6. The van der Waals surface area contributed by atoms with Crippen LogP contribution in [0.2, 0.25) is 5.02 Å². The summed E-state index contributed by atoms with van der Waals surface area (Å²) < 4.78 is 5.20. The summed E-state index contributed by atoms with van der Waals surface area (Å²) in [7, 11) is 1.51. The molecule has 0 aliphatic heterocycles. The maximum absolute atomic E-state index is 12.7. The molecule has 0 amide bonds. The molecule has 0 bridgehead atoms. The molecular weight excluding hydrogens is 450 g/mol. The number of hydrogen-bond donors (Lipinski definition) is 3. The summed E-state index contributed by atoms with van der Waals surface area (Å²) in [6.45, 7) is 0. The Kier molecular flexibility index (Phi) is 5.48. The number of rotatable bonds is 4. The normalized spacial score (nSPS) is 11.0. The van der Waals surface area contributed by atoms with E-state index < -0.39 is 0 Å². The molecule has 5 rings (SSSR count). The monoisotopic (exact) mass is 469 g/mol. The van der Waals surface area contributed by atoms with Gasteiger partial charge in [-0.25, -0.2) is 0 Å². The molecule has 5 nitrogen and oxygen atoms in total. The summed E-state index contributed by atoms with van der Waals surface area (Å²) in [6.07, 6.45) is 0. The van der Waals surface area contributed by atoms with Gasteiger partial charge in [-0.15, -0.1) is 0 Å². The molecule has 1 heterocycles. The van der Waals surface area contributed by atoms with E-state index in [9.17, 15) is 15.0 Å². The Morgan fingerprint density at radius 1 is 0.765 bits per heavy atom. The quantitative estimate of drug-likeness (QED) is 0.277. The van der Waals surface area contributed by atoms with Gasteiger partial charge in [0.15, 0.2) is 11.5 Å². The number of methoxy groups -OCH3 is 1. The number of halogens is 1. The van der Waals surface area contributed by atoms with Crippen molar-refractivity contribution < 1.29 is 14.9 Å². The van der Waals surface area contributed by atoms with Gasteiger partial charge in [-0.3, -0.25) is 4.79 Å². The number of phenols is 1. The Labute approximate surface area is 200 Å². The van der Waals surface area contributed by atoms with Gasteiger partial charge in [-0.2, -0.15) is 0 Å². The second kappa shape index (κ2) is 8.61. The first-order valence-corrected chi connectivity index (χ1v) is 11.0. The molecule has 34 heavy (non-hydrogen) atoms. The van der Waals surface area contributed by atoms with Gasteiger partial charge >= 0.3 is 0 Å². The highest BCUT2D eigenvalue weighted by atomic mass is 35.5. The number of benzene rings is 4. The number of H-pyrrole nitrogens is 1. The molecule has 6 heteroatoms. The number of para-hydroxylation sites is 1. The molecule has 0 saturated carbocycles. The predicted octanol–water partition coefficient (Wildman–Crippen LogP) is 6.60. The van der Waals surface area contributed by atoms with Crippen molar-refractivity contribution in [3.63, 3.8) is 0 Å². The Hall–Kier alpha value is -4.22. The number of aromatic amines is 1. The number of hydrogen-bond acceptors (Lipinski definition) is 4. The molecule has 1 aromatic heterocycles. The highest BCUT2D eigenvalue weighted by Crippen LogP contribution is 2.40. The minimum Gasteiger partial charge on any atom is -0.506 e. The molecule has 0 unspecified atom stereocenters. The maximum Gasteiger partial charge on any atom is 0.260 e. The molecule has 4 aromatic carbocycles. The average molecular weight is 470 g/mol. The SMILES string of the molecule is COc1cccc(-c2ccc(-c3cc4c(O)c(-c5ccccc5)c(=O)[nH]c4cc3Cl)cc2)c1O. The van der Waals surface area contributed by atoms with E-state index >= 15 is 0 Å². The van der Waals surface area contributed by atoms with Crippen molar-refractivity contribution in [3.8, 4) is 50.6 Å². The number of ether oxygens (including phenoxy) is 1. The zero-order valence-corrected chi connectivity index (χ0v) is 18.9. The summed E-state index contributed by atoms with van der Waals surface area (Å²) in [4.78, 5) is 15.5. The summed E-state index contributed by atoms with van der Waals surface area (Å²) in [5.74, 6) is 0.377. The third kappa shape index (κ3) is 3.66. The highest BCUT2D eigenvalue weighted by Gasteiger charge is 2.17. The number of fused-ring (bicyclic) bond motifs is 1. The molecule has 0 saturated heterocycles. The molecule has 5 aromatic rings. The summed E-state index contributed by atoms with van der Waals surface area (Å²) in [5.41, 5.74) is 3.90. The lowest BCUT2D eigenvalue weighted by Crippen LogP contribution is -2.09. The standard InChI is InChI=1S/C28H20ClNO4/c1-34-24-9-5-8-19(26(24)31)16-10-12-17(13-11-16)20-14-21-23(15-22(20)29)30-28(33)25(27(21)32)18-6-3-2-4-7-18/h2-15,31H,1H3,(H2,30,32,33). The van der Waals surface area contributed by atoms with Crippen molar-refractivity contribution in [2.75, 3.05) is 7.11 Å². The number of phenolic OH excluding ortho intramolecular Hbond substituents is 1. The number of nitrogens with one attached hydrogen (secondary N) is 1. The first-order chi connectivity index (χ1) is 16.5. The van der Waals surface area contributed by atoms with Crippen molar-refractivity contribution in [3.05, 3.63) is 100 Å². The van der Waals surface area contributed by atoms with Crippen molar-refractivity contribution in [1.82, 2.24) is 4.98 Å². The lowest BCUT2D eigenvalue weighted by molar-refractivity contribution is 0.374. The van der Waals surface area contributed by atoms with Crippen LogP contribution in [0.3, 0.4) is 0 Å². The molecule has 0 aliphatic carbocycles. The van der Waals surface area contributed by atoms with Crippen LogP contribution >= 0.6 is 11.6 Å². The topological polar surface area (TPSA) is 82.5 Å². The van der Waals surface area contributed by atoms with Crippen LogP contribution < -0.4 is 10.3 Å². The number of aromatic hydroxyl groups is 2. The van der Waals surface area contributed by atoms with Gasteiger partial charge < -0.3 is 19.9 Å². The summed E-state index contributed by atoms with van der Waals surface area (Å²) >= 11 is 6.56. The van der Waals surface area contributed by atoms with Crippen LogP contribution in [0.25, 0.3) is 44.3 Å². The van der Waals surface area contributed by atoms with E-state index in [0.29, 0.717) is 38.4 Å². The van der Waals surface area contributed by atoms with Gasteiger partial charge in [-0.05, 0) is 34.9 Å². The second-order valence-electron chi connectivity index (χ2n) is 7.86. The molecule has 0 fully saturated rings. The molecule has 3 N–H and O–H groups in total. The lowest BCUT2D eigenvalue weighted by atomic mass is 9.97. The molecule has 0 atom stereocenters. The summed E-state index contributed by atoms with van der Waals surface area (Å²) in [5, 5.41) is 22.4. The minimum atomic E-state index is -0.387. The van der Waals surface area contributed by atoms with Gasteiger partial charge in [0.1, 0.15) is 5.75 Å². The van der Waals surface area contributed by atoms with E-state index in [2.05, 4.69) is 4.98 Å². The van der Waals surface area contributed by atoms with Gasteiger partial charge in [0, 0.05) is 16.5 Å². The molecule has 168 valence electrons. The highest BCUT2D eigenvalue weighted by molar-refractivity contribution is 6.34. The zero-order chi connectivity index (χ0) is 23.8. The molecule has 0 radical (unpaired) electrons.